The molecule has 4 aliphatic rings. The summed E-state index contributed by atoms with van der Waals surface area (Å²) in [6.45, 7) is 7.09. The third kappa shape index (κ3) is 8.72. The Labute approximate surface area is 349 Å². The molecular weight excluding hydrogens is 807 g/mol. The number of aromatic nitrogens is 1. The van der Waals surface area contributed by atoms with Gasteiger partial charge in [0.1, 0.15) is 35.8 Å². The lowest BCUT2D eigenvalue weighted by Gasteiger charge is -2.44. The Hall–Kier alpha value is -5.45. The second-order valence-electron chi connectivity index (χ2n) is 15.5. The molecular formula is C41H45F4N9O5S. The third-order valence-corrected chi connectivity index (χ3v) is 12.1. The number of piperidine rings is 1. The number of nitriles is 1. The molecule has 4 heterocycles. The first kappa shape index (κ1) is 42.7. The number of alkyl halides is 3. The van der Waals surface area contributed by atoms with Crippen LogP contribution in [0.4, 0.5) is 40.3 Å². The van der Waals surface area contributed by atoms with Gasteiger partial charge in [-0.25, -0.2) is 9.37 Å². The number of halogens is 4. The molecule has 3 aromatic rings. The van der Waals surface area contributed by atoms with Gasteiger partial charge < -0.3 is 20.3 Å². The molecule has 0 bridgehead atoms. The number of aryl methyl sites for hydroxylation is 1. The SMILES string of the molecule is CCc1cc(N2[C@@H](S)N(c3cnc(C#N)c(C(F)(F)F)c3)C(=O)C23CCC3)ccc1OCCN1CCN(CC(=O)Nc2cc(F)cc(NC3CCC(=O)NC3=O)c2)[C@H](C)C1. The van der Waals surface area contributed by atoms with Gasteiger partial charge in [0.15, 0.2) is 11.2 Å². The summed E-state index contributed by atoms with van der Waals surface area (Å²) in [4.78, 5) is 61.7. The first-order chi connectivity index (χ1) is 28.6. The van der Waals surface area contributed by atoms with Gasteiger partial charge in [0.25, 0.3) is 5.91 Å². The van der Waals surface area contributed by atoms with E-state index in [1.54, 1.807) is 6.07 Å². The van der Waals surface area contributed by atoms with Crippen molar-refractivity contribution in [2.24, 2.45) is 0 Å². The molecule has 19 heteroatoms. The smallest absolute Gasteiger partial charge is 0.419 e. The van der Waals surface area contributed by atoms with Crippen LogP contribution in [0, 0.1) is 17.1 Å². The fourth-order valence-electron chi connectivity index (χ4n) is 8.35. The highest BCUT2D eigenvalue weighted by molar-refractivity contribution is 7.81. The van der Waals surface area contributed by atoms with Crippen molar-refractivity contribution >= 4 is 59.0 Å². The summed E-state index contributed by atoms with van der Waals surface area (Å²) in [5, 5.41) is 17.2. The van der Waals surface area contributed by atoms with Crippen molar-refractivity contribution in [1.29, 1.82) is 5.26 Å². The second kappa shape index (κ2) is 17.3. The van der Waals surface area contributed by atoms with E-state index in [2.05, 4.69) is 25.8 Å². The minimum absolute atomic E-state index is 0.0307. The molecule has 3 N–H and O–H groups in total. The predicted octanol–water partition coefficient (Wildman–Crippen LogP) is 4.90. The average Bonchev–Trinajstić information content (AvgIpc) is 3.42. The van der Waals surface area contributed by atoms with Gasteiger partial charge in [-0.1, -0.05) is 6.92 Å². The van der Waals surface area contributed by atoms with E-state index in [1.165, 1.54) is 23.1 Å². The standard InChI is InChI=1S/C41H45F4N9O5S/c1-3-25-15-29(54-39(60)53(38(58)40(54)9-4-10-40)30-19-31(41(43,44)45)33(20-46)47-21-30)5-7-34(25)59-14-13-51-11-12-52(24(2)22-51)23-36(56)49-28-17-26(42)16-27(18-28)48-32-6-8-35(55)50-37(32)57/h5,7,15-19,21,24,32,39,48,60H,3-4,6,8-14,22-23H2,1-2H3,(H,49,56)(H,50,55,57)/t24-,32?,39+/m1/s1. The quantitative estimate of drug-likeness (QED) is 0.111. The van der Waals surface area contributed by atoms with E-state index in [9.17, 15) is 42.0 Å². The zero-order valence-corrected chi connectivity index (χ0v) is 33.9. The minimum atomic E-state index is -4.84. The highest BCUT2D eigenvalue weighted by Gasteiger charge is 2.60. The fourth-order valence-corrected chi connectivity index (χ4v) is 8.94. The maximum Gasteiger partial charge on any atom is 0.419 e. The van der Waals surface area contributed by atoms with Gasteiger partial charge >= 0.3 is 6.18 Å². The number of carbonyl (C=O) groups is 4. The minimum Gasteiger partial charge on any atom is -0.492 e. The summed E-state index contributed by atoms with van der Waals surface area (Å²) in [5.41, 5.74) is -1.87. The number of anilines is 4. The fraction of sp³-hybridized carbons (Fsp3) is 0.463. The summed E-state index contributed by atoms with van der Waals surface area (Å²) in [6.07, 6.45) is -0.903. The van der Waals surface area contributed by atoms with E-state index >= 15 is 0 Å². The van der Waals surface area contributed by atoms with Crippen molar-refractivity contribution in [1.82, 2.24) is 20.1 Å². The highest BCUT2D eigenvalue weighted by Crippen LogP contribution is 2.51. The Kier molecular flexibility index (Phi) is 12.3. The number of piperazine rings is 1. The molecule has 7 rings (SSSR count). The van der Waals surface area contributed by atoms with Crippen LogP contribution in [0.3, 0.4) is 0 Å². The number of nitrogens with one attached hydrogen (secondary N) is 3. The largest absolute Gasteiger partial charge is 0.492 e. The average molecular weight is 852 g/mol. The van der Waals surface area contributed by atoms with Gasteiger partial charge in [-0.2, -0.15) is 18.4 Å². The molecule has 60 heavy (non-hydrogen) atoms. The normalized spacial score (nSPS) is 22.0. The number of ether oxygens (including phenoxy) is 1. The number of pyridine rings is 1. The first-order valence-electron chi connectivity index (χ1n) is 19.8. The zero-order valence-electron chi connectivity index (χ0n) is 33.0. The molecule has 1 aliphatic carbocycles. The van der Waals surface area contributed by atoms with E-state index in [-0.39, 0.29) is 54.5 Å². The molecule has 3 aliphatic heterocycles. The number of hydrogen-bond acceptors (Lipinski definition) is 12. The molecule has 1 saturated carbocycles. The maximum atomic E-state index is 14.5. The summed E-state index contributed by atoms with van der Waals surface area (Å²) < 4.78 is 62.2. The van der Waals surface area contributed by atoms with Crippen molar-refractivity contribution in [2.75, 3.05) is 59.8 Å². The number of nitrogens with zero attached hydrogens (tertiary/aromatic N) is 6. The Morgan fingerprint density at radius 2 is 1.87 bits per heavy atom. The number of carbonyl (C=O) groups excluding carboxylic acids is 4. The molecule has 1 spiro atoms. The topological polar surface area (TPSA) is 163 Å². The van der Waals surface area contributed by atoms with E-state index in [4.69, 9.17) is 17.4 Å². The molecule has 3 atom stereocenters. The van der Waals surface area contributed by atoms with Crippen LogP contribution in [-0.4, -0.2) is 101 Å². The number of rotatable bonds is 12. The van der Waals surface area contributed by atoms with Crippen LogP contribution in [0.2, 0.25) is 0 Å². The lowest BCUT2D eigenvalue weighted by molar-refractivity contribution is -0.138. The molecule has 14 nitrogen and oxygen atoms in total. The summed E-state index contributed by atoms with van der Waals surface area (Å²) in [7, 11) is 0. The molecule has 4 fully saturated rings. The van der Waals surface area contributed by atoms with Crippen LogP contribution in [0.15, 0.2) is 48.7 Å². The maximum absolute atomic E-state index is 14.5. The van der Waals surface area contributed by atoms with Crippen molar-refractivity contribution in [2.45, 2.75) is 81.7 Å². The molecule has 318 valence electrons. The van der Waals surface area contributed by atoms with Gasteiger partial charge in [0.2, 0.25) is 17.7 Å². The van der Waals surface area contributed by atoms with E-state index < -0.39 is 46.2 Å². The third-order valence-electron chi connectivity index (χ3n) is 11.6. The second-order valence-corrected chi connectivity index (χ2v) is 16.0. The van der Waals surface area contributed by atoms with Crippen LogP contribution in [0.25, 0.3) is 0 Å². The van der Waals surface area contributed by atoms with Crippen molar-refractivity contribution in [3.63, 3.8) is 0 Å². The summed E-state index contributed by atoms with van der Waals surface area (Å²) >= 11 is 4.77. The number of imide groups is 1. The molecule has 3 saturated heterocycles. The van der Waals surface area contributed by atoms with Gasteiger partial charge in [-0.05, 0) is 87.1 Å². The Morgan fingerprint density at radius 1 is 1.10 bits per heavy atom. The number of amides is 4. The van der Waals surface area contributed by atoms with Crippen LogP contribution in [-0.2, 0) is 31.8 Å². The molecule has 1 unspecified atom stereocenters. The number of thiol groups is 1. The Bertz CT molecular complexity index is 2220. The molecule has 0 radical (unpaired) electrons. The Balaban J connectivity index is 0.929. The monoisotopic (exact) mass is 851 g/mol. The van der Waals surface area contributed by atoms with Crippen LogP contribution < -0.4 is 30.5 Å². The van der Waals surface area contributed by atoms with Crippen molar-refractivity contribution < 1.29 is 41.5 Å². The lowest BCUT2D eigenvalue weighted by Crippen LogP contribution is -2.55. The van der Waals surface area contributed by atoms with Crippen LogP contribution in [0.5, 0.6) is 5.75 Å². The van der Waals surface area contributed by atoms with Crippen molar-refractivity contribution in [3.8, 4) is 11.8 Å². The van der Waals surface area contributed by atoms with Gasteiger partial charge in [0.05, 0.1) is 24.0 Å². The zero-order chi connectivity index (χ0) is 42.9. The van der Waals surface area contributed by atoms with Gasteiger partial charge in [-0.15, -0.1) is 12.6 Å². The number of benzene rings is 2. The van der Waals surface area contributed by atoms with Gasteiger partial charge in [-0.3, -0.25) is 39.2 Å². The van der Waals surface area contributed by atoms with E-state index in [0.717, 1.165) is 24.2 Å². The molecule has 2 aromatic carbocycles. The Morgan fingerprint density at radius 3 is 2.53 bits per heavy atom. The van der Waals surface area contributed by atoms with E-state index in [0.29, 0.717) is 69.2 Å². The molecule has 4 amide bonds. The highest BCUT2D eigenvalue weighted by atomic mass is 32.1. The van der Waals surface area contributed by atoms with E-state index in [1.807, 2.05) is 41.8 Å². The van der Waals surface area contributed by atoms with Crippen molar-refractivity contribution in [3.05, 3.63) is 71.3 Å². The molecule has 1 aromatic heterocycles. The lowest BCUT2D eigenvalue weighted by atomic mass is 9.75. The van der Waals surface area contributed by atoms with Crippen LogP contribution >= 0.6 is 12.6 Å². The number of hydrogen-bond donors (Lipinski definition) is 4. The predicted molar refractivity (Wildman–Crippen MR) is 217 cm³/mol. The first-order valence-corrected chi connectivity index (χ1v) is 20.3. The van der Waals surface area contributed by atoms with Crippen LogP contribution in [0.1, 0.15) is 62.8 Å². The summed E-state index contributed by atoms with van der Waals surface area (Å²) in [6, 6.07) is 11.2. The summed E-state index contributed by atoms with van der Waals surface area (Å²) in [5.74, 6) is -1.45. The van der Waals surface area contributed by atoms with Gasteiger partial charge in [0, 0.05) is 55.7 Å².